The maximum atomic E-state index is 12.7. The van der Waals surface area contributed by atoms with Crippen molar-refractivity contribution >= 4 is 33.3 Å². The fraction of sp³-hybridized carbons (Fsp3) is 0.316. The molecule has 1 fully saturated rings. The number of carbonyl (C=O) groups excluding carboxylic acids is 1. The Morgan fingerprint density at radius 2 is 1.93 bits per heavy atom. The lowest BCUT2D eigenvalue weighted by molar-refractivity contribution is -0.120. The highest BCUT2D eigenvalue weighted by Crippen LogP contribution is 2.27. The van der Waals surface area contributed by atoms with Crippen molar-refractivity contribution < 1.29 is 4.79 Å². The molecule has 3 aromatic rings. The summed E-state index contributed by atoms with van der Waals surface area (Å²) in [5, 5.41) is 7.14. The van der Waals surface area contributed by atoms with E-state index in [0.29, 0.717) is 5.82 Å². The SMILES string of the molecule is Cc1ccc(NC(=O)C2CCN(c3cc(-n4cncn4)ncn3)CC2)c(Br)c1. The van der Waals surface area contributed by atoms with Crippen LogP contribution in [0.3, 0.4) is 0 Å². The fourth-order valence-electron chi connectivity index (χ4n) is 3.29. The number of hydrogen-bond donors (Lipinski definition) is 1. The molecule has 1 N–H and O–H groups in total. The van der Waals surface area contributed by atoms with Crippen LogP contribution in [0.2, 0.25) is 0 Å². The van der Waals surface area contributed by atoms with Crippen LogP contribution in [0.1, 0.15) is 18.4 Å². The number of carbonyl (C=O) groups is 1. The number of hydrogen-bond acceptors (Lipinski definition) is 6. The zero-order valence-corrected chi connectivity index (χ0v) is 17.0. The summed E-state index contributed by atoms with van der Waals surface area (Å²) >= 11 is 3.51. The van der Waals surface area contributed by atoms with Crippen molar-refractivity contribution in [3.8, 4) is 5.82 Å². The van der Waals surface area contributed by atoms with Crippen LogP contribution in [0.5, 0.6) is 0 Å². The molecule has 4 rings (SSSR count). The molecule has 0 aliphatic carbocycles. The maximum absolute atomic E-state index is 12.7. The first-order valence-electron chi connectivity index (χ1n) is 9.09. The van der Waals surface area contributed by atoms with Gasteiger partial charge in [0.1, 0.15) is 24.8 Å². The van der Waals surface area contributed by atoms with Gasteiger partial charge in [0.05, 0.1) is 5.69 Å². The second kappa shape index (κ2) is 8.05. The topological polar surface area (TPSA) is 88.8 Å². The monoisotopic (exact) mass is 441 g/mol. The number of benzene rings is 1. The maximum Gasteiger partial charge on any atom is 0.227 e. The van der Waals surface area contributed by atoms with Crippen molar-refractivity contribution in [2.45, 2.75) is 19.8 Å². The van der Waals surface area contributed by atoms with Crippen LogP contribution in [-0.2, 0) is 4.79 Å². The molecule has 28 heavy (non-hydrogen) atoms. The number of halogens is 1. The highest BCUT2D eigenvalue weighted by molar-refractivity contribution is 9.10. The molecule has 0 bridgehead atoms. The minimum atomic E-state index is -0.0129. The molecule has 0 atom stereocenters. The van der Waals surface area contributed by atoms with Crippen LogP contribution >= 0.6 is 15.9 Å². The molecule has 0 radical (unpaired) electrons. The van der Waals surface area contributed by atoms with E-state index < -0.39 is 0 Å². The van der Waals surface area contributed by atoms with E-state index in [4.69, 9.17) is 0 Å². The van der Waals surface area contributed by atoms with Crippen LogP contribution in [0.15, 0.2) is 47.7 Å². The molecule has 1 saturated heterocycles. The minimum Gasteiger partial charge on any atom is -0.356 e. The van der Waals surface area contributed by atoms with Crippen molar-refractivity contribution in [2.75, 3.05) is 23.3 Å². The molecule has 1 aromatic carbocycles. The number of aryl methyl sites for hydroxylation is 1. The quantitative estimate of drug-likeness (QED) is 0.669. The molecular weight excluding hydrogens is 422 g/mol. The van der Waals surface area contributed by atoms with E-state index in [9.17, 15) is 4.79 Å². The van der Waals surface area contributed by atoms with Gasteiger partial charge in [-0.05, 0) is 53.4 Å². The van der Waals surface area contributed by atoms with Gasteiger partial charge < -0.3 is 10.2 Å². The summed E-state index contributed by atoms with van der Waals surface area (Å²) in [6.45, 7) is 3.55. The fourth-order valence-corrected chi connectivity index (χ4v) is 3.88. The highest BCUT2D eigenvalue weighted by Gasteiger charge is 2.26. The van der Waals surface area contributed by atoms with Crippen LogP contribution in [-0.4, -0.2) is 43.7 Å². The van der Waals surface area contributed by atoms with Crippen LogP contribution < -0.4 is 10.2 Å². The minimum absolute atomic E-state index is 0.0129. The molecule has 0 saturated carbocycles. The predicted molar refractivity (Wildman–Crippen MR) is 109 cm³/mol. The molecule has 1 aliphatic rings. The number of nitrogens with one attached hydrogen (secondary N) is 1. The van der Waals surface area contributed by atoms with Gasteiger partial charge in [-0.25, -0.2) is 19.6 Å². The molecular formula is C19H20BrN7O. The van der Waals surface area contributed by atoms with Crippen molar-refractivity contribution in [1.29, 1.82) is 0 Å². The largest absolute Gasteiger partial charge is 0.356 e. The first kappa shape index (κ1) is 18.5. The summed E-state index contributed by atoms with van der Waals surface area (Å²) in [6.07, 6.45) is 6.15. The Morgan fingerprint density at radius 1 is 1.14 bits per heavy atom. The van der Waals surface area contributed by atoms with Crippen LogP contribution in [0.25, 0.3) is 5.82 Å². The number of piperidine rings is 1. The Kier molecular flexibility index (Phi) is 5.34. The van der Waals surface area contributed by atoms with Gasteiger partial charge in [-0.15, -0.1) is 0 Å². The van der Waals surface area contributed by atoms with E-state index in [-0.39, 0.29) is 11.8 Å². The molecule has 144 valence electrons. The smallest absolute Gasteiger partial charge is 0.227 e. The lowest BCUT2D eigenvalue weighted by atomic mass is 9.95. The highest BCUT2D eigenvalue weighted by atomic mass is 79.9. The number of amides is 1. The van der Waals surface area contributed by atoms with Crippen molar-refractivity contribution in [2.24, 2.45) is 5.92 Å². The summed E-state index contributed by atoms with van der Waals surface area (Å²) < 4.78 is 2.50. The number of nitrogens with zero attached hydrogens (tertiary/aromatic N) is 6. The van der Waals surface area contributed by atoms with Crippen molar-refractivity contribution in [3.63, 3.8) is 0 Å². The Morgan fingerprint density at radius 3 is 2.64 bits per heavy atom. The van der Waals surface area contributed by atoms with Crippen LogP contribution in [0.4, 0.5) is 11.5 Å². The summed E-state index contributed by atoms with van der Waals surface area (Å²) in [7, 11) is 0. The zero-order valence-electron chi connectivity index (χ0n) is 15.4. The molecule has 1 amide bonds. The van der Waals surface area contributed by atoms with Crippen molar-refractivity contribution in [3.05, 3.63) is 53.3 Å². The van der Waals surface area contributed by atoms with E-state index in [1.54, 1.807) is 11.0 Å². The van der Waals surface area contributed by atoms with Crippen molar-refractivity contribution in [1.82, 2.24) is 24.7 Å². The third kappa shape index (κ3) is 4.04. The Labute approximate surface area is 171 Å². The average molecular weight is 442 g/mol. The van der Waals surface area contributed by atoms with Gasteiger partial charge in [0.25, 0.3) is 0 Å². The van der Waals surface area contributed by atoms with Gasteiger partial charge in [-0.2, -0.15) is 5.10 Å². The normalized spacial score (nSPS) is 14.9. The summed E-state index contributed by atoms with van der Waals surface area (Å²) in [4.78, 5) is 27.4. The third-order valence-electron chi connectivity index (χ3n) is 4.86. The van der Waals surface area contributed by atoms with Gasteiger partial charge in [0, 0.05) is 29.5 Å². The number of rotatable bonds is 4. The first-order chi connectivity index (χ1) is 13.6. The van der Waals surface area contributed by atoms with Gasteiger partial charge >= 0.3 is 0 Å². The van der Waals surface area contributed by atoms with E-state index >= 15 is 0 Å². The summed E-state index contributed by atoms with van der Waals surface area (Å²) in [5.74, 6) is 1.56. The lowest BCUT2D eigenvalue weighted by Gasteiger charge is -2.32. The van der Waals surface area contributed by atoms with Gasteiger partial charge in [0.2, 0.25) is 5.91 Å². The van der Waals surface area contributed by atoms with Gasteiger partial charge in [0.15, 0.2) is 5.82 Å². The lowest BCUT2D eigenvalue weighted by Crippen LogP contribution is -2.38. The molecule has 8 nitrogen and oxygen atoms in total. The predicted octanol–water partition coefficient (Wildman–Crippen LogP) is 2.98. The second-order valence-corrected chi connectivity index (χ2v) is 7.66. The van der Waals surface area contributed by atoms with E-state index in [1.807, 2.05) is 31.2 Å². The van der Waals surface area contributed by atoms with Gasteiger partial charge in [-0.3, -0.25) is 4.79 Å². The molecule has 0 unspecified atom stereocenters. The molecule has 0 spiro atoms. The van der Waals surface area contributed by atoms with Crippen LogP contribution in [0, 0.1) is 12.8 Å². The Balaban J connectivity index is 1.38. The Hall–Kier alpha value is -2.81. The summed E-state index contributed by atoms with van der Waals surface area (Å²) in [6, 6.07) is 7.81. The molecule has 9 heteroatoms. The number of aromatic nitrogens is 5. The third-order valence-corrected chi connectivity index (χ3v) is 5.52. The van der Waals surface area contributed by atoms with E-state index in [2.05, 4.69) is 46.2 Å². The molecule has 1 aliphatic heterocycles. The standard InChI is InChI=1S/C19H20BrN7O/c1-13-2-3-16(15(20)8-13)25-19(28)14-4-6-26(7-5-14)17-9-18(23-11-22-17)27-12-21-10-24-27/h2-3,8-12,14H,4-7H2,1H3,(H,25,28). The molecule has 3 heterocycles. The van der Waals surface area contributed by atoms with E-state index in [1.165, 1.54) is 12.7 Å². The second-order valence-electron chi connectivity index (χ2n) is 6.81. The summed E-state index contributed by atoms with van der Waals surface area (Å²) in [5.41, 5.74) is 1.96. The zero-order chi connectivity index (χ0) is 19.5. The molecule has 2 aromatic heterocycles. The van der Waals surface area contributed by atoms with E-state index in [0.717, 1.165) is 47.5 Å². The first-order valence-corrected chi connectivity index (χ1v) is 9.88. The van der Waals surface area contributed by atoms with Gasteiger partial charge in [-0.1, -0.05) is 6.07 Å². The average Bonchev–Trinajstić information content (AvgIpc) is 3.25. The Bertz CT molecular complexity index is 968. The number of anilines is 2.